The van der Waals surface area contributed by atoms with Gasteiger partial charge in [0.25, 0.3) is 0 Å². The summed E-state index contributed by atoms with van der Waals surface area (Å²) in [5.41, 5.74) is 4.99. The van der Waals surface area contributed by atoms with Crippen molar-refractivity contribution in [3.63, 3.8) is 0 Å². The molecule has 11 nitrogen and oxygen atoms in total. The summed E-state index contributed by atoms with van der Waals surface area (Å²) in [5.74, 6) is -0.788. The number of benzene rings is 2. The van der Waals surface area contributed by atoms with Crippen molar-refractivity contribution in [1.29, 1.82) is 0 Å². The number of ether oxygens (including phenoxy) is 2. The minimum Gasteiger partial charge on any atom is -0.468 e. The molecule has 0 bridgehead atoms. The van der Waals surface area contributed by atoms with Crippen molar-refractivity contribution < 1.29 is 19.1 Å². The minimum absolute atomic E-state index is 0.00114. The lowest BCUT2D eigenvalue weighted by Gasteiger charge is -2.00. The summed E-state index contributed by atoms with van der Waals surface area (Å²) in [4.78, 5) is 26.4. The molecule has 166 valence electrons. The van der Waals surface area contributed by atoms with Crippen LogP contribution in [0.5, 0.6) is 0 Å². The first-order valence-corrected chi connectivity index (χ1v) is 10.0. The second-order valence-electron chi connectivity index (χ2n) is 7.40. The number of aromatic nitrogens is 7. The number of fused-ring (bicyclic) bond motifs is 3. The maximum atomic E-state index is 11.5. The molecule has 0 spiro atoms. The first-order valence-electron chi connectivity index (χ1n) is 10.0. The number of hydrogen-bond donors (Lipinski definition) is 1. The molecule has 0 atom stereocenters. The summed E-state index contributed by atoms with van der Waals surface area (Å²) in [5, 5.41) is 18.4. The van der Waals surface area contributed by atoms with Crippen LogP contribution < -0.4 is 0 Å². The molecule has 0 saturated heterocycles. The molecule has 0 aliphatic carbocycles. The van der Waals surface area contributed by atoms with Crippen molar-refractivity contribution in [2.45, 2.75) is 13.1 Å². The molecular formula is C22H19N7O4. The zero-order valence-electron chi connectivity index (χ0n) is 17.8. The third-order valence-electron chi connectivity index (χ3n) is 5.31. The van der Waals surface area contributed by atoms with Gasteiger partial charge in [-0.1, -0.05) is 22.6 Å². The lowest BCUT2D eigenvalue weighted by molar-refractivity contribution is -0.142. The van der Waals surface area contributed by atoms with Crippen molar-refractivity contribution in [2.75, 3.05) is 14.2 Å². The molecule has 5 rings (SSSR count). The number of aromatic amines is 1. The molecule has 3 heterocycles. The highest BCUT2D eigenvalue weighted by atomic mass is 16.5. The van der Waals surface area contributed by atoms with Crippen LogP contribution >= 0.6 is 0 Å². The molecule has 0 unspecified atom stereocenters. The summed E-state index contributed by atoms with van der Waals surface area (Å²) in [6.07, 6.45) is 3.41. The number of hydrogen-bond acceptors (Lipinski definition) is 8. The molecule has 0 radical (unpaired) electrons. The van der Waals surface area contributed by atoms with E-state index in [1.54, 1.807) is 12.4 Å². The van der Waals surface area contributed by atoms with E-state index in [0.29, 0.717) is 11.4 Å². The Labute approximate surface area is 186 Å². The van der Waals surface area contributed by atoms with Crippen LogP contribution in [0.1, 0.15) is 0 Å². The number of rotatable bonds is 6. The molecule has 11 heteroatoms. The van der Waals surface area contributed by atoms with E-state index in [1.807, 2.05) is 36.4 Å². The van der Waals surface area contributed by atoms with Gasteiger partial charge < -0.3 is 14.5 Å². The summed E-state index contributed by atoms with van der Waals surface area (Å²) >= 11 is 0. The fraction of sp³-hybridized carbons (Fsp3) is 0.182. The topological polar surface area (TPSA) is 130 Å². The predicted octanol–water partition coefficient (Wildman–Crippen LogP) is 2.18. The Morgan fingerprint density at radius 2 is 1.24 bits per heavy atom. The number of nitrogens with zero attached hydrogens (tertiary/aromatic N) is 6. The number of esters is 2. The second-order valence-corrected chi connectivity index (χ2v) is 7.40. The highest BCUT2D eigenvalue weighted by Gasteiger charge is 2.13. The highest BCUT2D eigenvalue weighted by molar-refractivity contribution is 6.09. The van der Waals surface area contributed by atoms with Crippen molar-refractivity contribution in [2.24, 2.45) is 0 Å². The van der Waals surface area contributed by atoms with Crippen LogP contribution in [0.25, 0.3) is 44.3 Å². The molecule has 0 fully saturated rings. The molecule has 0 amide bonds. The average Bonchev–Trinajstić information content (AvgIpc) is 3.56. The fourth-order valence-corrected chi connectivity index (χ4v) is 3.63. The maximum Gasteiger partial charge on any atom is 0.327 e. The van der Waals surface area contributed by atoms with Gasteiger partial charge >= 0.3 is 11.9 Å². The number of nitrogens with one attached hydrogen (secondary N) is 1. The van der Waals surface area contributed by atoms with Gasteiger partial charge in [0.1, 0.15) is 24.5 Å². The van der Waals surface area contributed by atoms with Crippen LogP contribution in [0.2, 0.25) is 0 Å². The summed E-state index contributed by atoms with van der Waals surface area (Å²) in [6, 6.07) is 11.9. The summed E-state index contributed by atoms with van der Waals surface area (Å²) in [7, 11) is 2.66. The van der Waals surface area contributed by atoms with Crippen molar-refractivity contribution in [3.05, 3.63) is 48.8 Å². The van der Waals surface area contributed by atoms with E-state index in [4.69, 9.17) is 0 Å². The van der Waals surface area contributed by atoms with Gasteiger partial charge in [-0.15, -0.1) is 10.2 Å². The van der Waals surface area contributed by atoms with Crippen LogP contribution in [-0.4, -0.2) is 61.1 Å². The zero-order chi connectivity index (χ0) is 22.9. The minimum atomic E-state index is -0.394. The third kappa shape index (κ3) is 3.91. The molecule has 0 aliphatic rings. The molecule has 0 aliphatic heterocycles. The summed E-state index contributed by atoms with van der Waals surface area (Å²) < 4.78 is 12.2. The average molecular weight is 445 g/mol. The van der Waals surface area contributed by atoms with Crippen LogP contribution in [0.4, 0.5) is 0 Å². The Morgan fingerprint density at radius 3 is 1.67 bits per heavy atom. The fourth-order valence-electron chi connectivity index (χ4n) is 3.63. The SMILES string of the molecule is COC(=O)Cn1cc(-c2ccc3[nH]c4ccc(-c5cn(CC(=O)OC)nn5)cc4c3c2)nn1. The largest absolute Gasteiger partial charge is 0.468 e. The first kappa shape index (κ1) is 20.4. The highest BCUT2D eigenvalue weighted by Crippen LogP contribution is 2.32. The van der Waals surface area contributed by atoms with E-state index in [9.17, 15) is 9.59 Å². The van der Waals surface area contributed by atoms with Crippen LogP contribution in [0.15, 0.2) is 48.8 Å². The smallest absolute Gasteiger partial charge is 0.327 e. The molecule has 33 heavy (non-hydrogen) atoms. The van der Waals surface area contributed by atoms with Crippen molar-refractivity contribution in [3.8, 4) is 22.5 Å². The number of carbonyl (C=O) groups is 2. The second kappa shape index (κ2) is 8.19. The standard InChI is InChI=1S/C22H19N7O4/c1-32-21(30)11-28-9-19(24-26-28)13-3-5-17-15(7-13)16-8-14(4-6-18(16)23-17)20-10-29(27-25-20)12-22(31)33-2/h3-10,23H,11-12H2,1-2H3. The Balaban J connectivity index is 1.50. The third-order valence-corrected chi connectivity index (χ3v) is 5.31. The maximum absolute atomic E-state index is 11.5. The molecule has 2 aromatic carbocycles. The summed E-state index contributed by atoms with van der Waals surface area (Å²) in [6.45, 7) is -0.00228. The van der Waals surface area contributed by atoms with Gasteiger partial charge in [0.05, 0.1) is 26.6 Å². The Kier molecular flexibility index (Phi) is 5.05. The lowest BCUT2D eigenvalue weighted by atomic mass is 10.0. The first-order chi connectivity index (χ1) is 16.0. The van der Waals surface area contributed by atoms with E-state index in [0.717, 1.165) is 32.9 Å². The number of methoxy groups -OCH3 is 2. The molecule has 3 aromatic heterocycles. The zero-order valence-corrected chi connectivity index (χ0v) is 17.8. The van der Waals surface area contributed by atoms with Gasteiger partial charge in [-0.2, -0.15) is 0 Å². The van der Waals surface area contributed by atoms with E-state index >= 15 is 0 Å². The molecule has 5 aromatic rings. The Bertz CT molecular complexity index is 1390. The molecule has 0 saturated carbocycles. The van der Waals surface area contributed by atoms with Crippen LogP contribution in [0.3, 0.4) is 0 Å². The lowest BCUT2D eigenvalue weighted by Crippen LogP contribution is -2.11. The van der Waals surface area contributed by atoms with Gasteiger partial charge in [0, 0.05) is 32.9 Å². The predicted molar refractivity (Wildman–Crippen MR) is 118 cm³/mol. The quantitative estimate of drug-likeness (QED) is 0.394. The molecule has 1 N–H and O–H groups in total. The van der Waals surface area contributed by atoms with E-state index in [2.05, 4.69) is 35.1 Å². The number of H-pyrrole nitrogens is 1. The van der Waals surface area contributed by atoms with Crippen LogP contribution in [-0.2, 0) is 32.2 Å². The van der Waals surface area contributed by atoms with E-state index in [-0.39, 0.29) is 13.1 Å². The van der Waals surface area contributed by atoms with Gasteiger partial charge in [-0.05, 0) is 24.3 Å². The number of carbonyl (C=O) groups excluding carboxylic acids is 2. The van der Waals surface area contributed by atoms with Crippen LogP contribution in [0, 0.1) is 0 Å². The van der Waals surface area contributed by atoms with Gasteiger partial charge in [0.15, 0.2) is 0 Å². The van der Waals surface area contributed by atoms with Gasteiger partial charge in [-0.25, -0.2) is 9.36 Å². The Morgan fingerprint density at radius 1 is 0.788 bits per heavy atom. The van der Waals surface area contributed by atoms with E-state index < -0.39 is 11.9 Å². The Hall–Kier alpha value is -4.54. The van der Waals surface area contributed by atoms with Gasteiger partial charge in [0.2, 0.25) is 0 Å². The van der Waals surface area contributed by atoms with Gasteiger partial charge in [-0.3, -0.25) is 9.59 Å². The molecular weight excluding hydrogens is 426 g/mol. The monoisotopic (exact) mass is 445 g/mol. The van der Waals surface area contributed by atoms with E-state index in [1.165, 1.54) is 23.6 Å². The van der Waals surface area contributed by atoms with Crippen molar-refractivity contribution in [1.82, 2.24) is 35.0 Å². The van der Waals surface area contributed by atoms with Crippen molar-refractivity contribution >= 4 is 33.7 Å². The normalized spacial score (nSPS) is 11.2.